The van der Waals surface area contributed by atoms with Gasteiger partial charge in [-0.1, -0.05) is 23.2 Å². The highest BCUT2D eigenvalue weighted by Gasteiger charge is 2.05. The molecule has 8 heteroatoms. The summed E-state index contributed by atoms with van der Waals surface area (Å²) in [5, 5.41) is 4.35. The molecule has 0 radical (unpaired) electrons. The minimum atomic E-state index is -0.337. The summed E-state index contributed by atoms with van der Waals surface area (Å²) in [6.07, 6.45) is 0. The molecule has 0 atom stereocenters. The van der Waals surface area contributed by atoms with E-state index in [4.69, 9.17) is 28.9 Å². The van der Waals surface area contributed by atoms with Gasteiger partial charge in [-0.05, 0) is 42.5 Å². The molecule has 1 heterocycles. The predicted molar refractivity (Wildman–Crippen MR) is 93.7 cm³/mol. The highest BCUT2D eigenvalue weighted by Crippen LogP contribution is 2.16. The van der Waals surface area contributed by atoms with Gasteiger partial charge in [-0.3, -0.25) is 9.78 Å². The normalized spacial score (nSPS) is 11.7. The molecule has 0 amide bonds. The molecular weight excluding hydrogens is 337 g/mol. The van der Waals surface area contributed by atoms with E-state index in [0.29, 0.717) is 26.6 Å². The van der Waals surface area contributed by atoms with Gasteiger partial charge < -0.3 is 11.1 Å². The number of aromatic nitrogens is 2. The summed E-state index contributed by atoms with van der Waals surface area (Å²) < 4.78 is 0. The van der Waals surface area contributed by atoms with E-state index in [1.54, 1.807) is 42.5 Å². The van der Waals surface area contributed by atoms with E-state index < -0.39 is 0 Å². The van der Waals surface area contributed by atoms with Crippen LogP contribution in [0.25, 0.3) is 10.9 Å². The summed E-state index contributed by atoms with van der Waals surface area (Å²) in [7, 11) is 0. The quantitative estimate of drug-likeness (QED) is 0.489. The van der Waals surface area contributed by atoms with Crippen molar-refractivity contribution in [1.29, 1.82) is 0 Å². The van der Waals surface area contributed by atoms with Crippen molar-refractivity contribution in [3.05, 3.63) is 62.9 Å². The van der Waals surface area contributed by atoms with Crippen LogP contribution < -0.4 is 16.6 Å². The number of nitrogens with one attached hydrogen (secondary N) is 2. The average Bonchev–Trinajstić information content (AvgIpc) is 2.50. The number of aromatic amines is 1. The topological polar surface area (TPSA) is 96.2 Å². The van der Waals surface area contributed by atoms with Gasteiger partial charge in [0.1, 0.15) is 0 Å². The number of hydrogen-bond donors (Lipinski definition) is 3. The van der Waals surface area contributed by atoms with Crippen LogP contribution in [-0.2, 0) is 0 Å². The summed E-state index contributed by atoms with van der Waals surface area (Å²) in [5.41, 5.74) is 6.68. The van der Waals surface area contributed by atoms with Gasteiger partial charge in [-0.2, -0.15) is 4.99 Å². The Balaban J connectivity index is 1.92. The molecule has 6 nitrogen and oxygen atoms in total. The number of anilines is 1. The zero-order valence-electron chi connectivity index (χ0n) is 11.7. The summed E-state index contributed by atoms with van der Waals surface area (Å²) in [4.78, 5) is 22.9. The fourth-order valence-corrected chi connectivity index (χ4v) is 2.27. The smallest absolute Gasteiger partial charge is 0.260 e. The summed E-state index contributed by atoms with van der Waals surface area (Å²) in [6, 6.07) is 11.8. The van der Waals surface area contributed by atoms with Gasteiger partial charge in [0, 0.05) is 15.7 Å². The van der Waals surface area contributed by atoms with Crippen LogP contribution in [0.5, 0.6) is 0 Å². The highest BCUT2D eigenvalue weighted by atomic mass is 35.5. The minimum Gasteiger partial charge on any atom is -0.369 e. The van der Waals surface area contributed by atoms with Crippen LogP contribution in [0.2, 0.25) is 10.0 Å². The molecule has 3 aromatic rings. The first kappa shape index (κ1) is 15.3. The third-order valence-electron chi connectivity index (χ3n) is 3.00. The van der Waals surface area contributed by atoms with Crippen LogP contribution >= 0.6 is 23.2 Å². The molecule has 0 aliphatic carbocycles. The second-order valence-electron chi connectivity index (χ2n) is 4.68. The molecule has 23 heavy (non-hydrogen) atoms. The molecule has 3 rings (SSSR count). The van der Waals surface area contributed by atoms with E-state index in [1.165, 1.54) is 0 Å². The predicted octanol–water partition coefficient (Wildman–Crippen LogP) is 3.29. The molecule has 0 saturated heterocycles. The molecule has 1 aromatic heterocycles. The van der Waals surface area contributed by atoms with Crippen LogP contribution in [0.4, 0.5) is 11.6 Å². The van der Waals surface area contributed by atoms with Crippen LogP contribution in [-0.4, -0.2) is 15.9 Å². The minimum absolute atomic E-state index is 0.0868. The molecule has 116 valence electrons. The van der Waals surface area contributed by atoms with Crippen molar-refractivity contribution in [3.63, 3.8) is 0 Å². The van der Waals surface area contributed by atoms with Gasteiger partial charge in [0.2, 0.25) is 11.9 Å². The largest absolute Gasteiger partial charge is 0.369 e. The van der Waals surface area contributed by atoms with E-state index in [0.717, 1.165) is 0 Å². The molecule has 0 fully saturated rings. The molecule has 0 aliphatic rings. The fourth-order valence-electron chi connectivity index (χ4n) is 1.97. The Morgan fingerprint density at radius 2 is 1.83 bits per heavy atom. The average molecular weight is 348 g/mol. The Kier molecular flexibility index (Phi) is 4.18. The maximum absolute atomic E-state index is 12.0. The first-order chi connectivity index (χ1) is 11.0. The molecular formula is C15H11Cl2N5O. The third kappa shape index (κ3) is 3.61. The number of benzene rings is 2. The van der Waals surface area contributed by atoms with Crippen molar-refractivity contribution >= 4 is 51.7 Å². The second kappa shape index (κ2) is 6.28. The van der Waals surface area contributed by atoms with Crippen LogP contribution in [0.15, 0.2) is 52.3 Å². The van der Waals surface area contributed by atoms with Crippen molar-refractivity contribution < 1.29 is 0 Å². The standard InChI is InChI=1S/C15H11Cl2N5O/c16-8-1-4-10(5-2-8)19-14(18)22-15-20-12-6-3-9(17)7-11(12)13(23)21-15/h1-7H,(H4,18,19,20,21,22,23). The van der Waals surface area contributed by atoms with Crippen molar-refractivity contribution in [2.75, 3.05) is 5.32 Å². The second-order valence-corrected chi connectivity index (χ2v) is 5.55. The van der Waals surface area contributed by atoms with E-state index in [9.17, 15) is 4.79 Å². The Labute approximate surface area is 141 Å². The van der Waals surface area contributed by atoms with E-state index in [-0.39, 0.29) is 17.5 Å². The van der Waals surface area contributed by atoms with Crippen LogP contribution in [0.1, 0.15) is 0 Å². The van der Waals surface area contributed by atoms with Gasteiger partial charge in [0.05, 0.1) is 10.9 Å². The molecule has 0 aliphatic heterocycles. The zero-order valence-corrected chi connectivity index (χ0v) is 13.2. The SMILES string of the molecule is N/C(=N\c1nc2ccc(Cl)cc2c(=O)[nH]1)Nc1ccc(Cl)cc1. The Bertz CT molecular complexity index is 950. The Hall–Kier alpha value is -2.57. The number of rotatable bonds is 2. The number of H-pyrrole nitrogens is 1. The van der Waals surface area contributed by atoms with E-state index >= 15 is 0 Å². The monoisotopic (exact) mass is 347 g/mol. The summed E-state index contributed by atoms with van der Waals surface area (Å²) in [6.45, 7) is 0. The van der Waals surface area contributed by atoms with Gasteiger partial charge in [0.25, 0.3) is 5.56 Å². The van der Waals surface area contributed by atoms with Crippen molar-refractivity contribution in [2.24, 2.45) is 10.7 Å². The van der Waals surface area contributed by atoms with Gasteiger partial charge in [0.15, 0.2) is 0 Å². The molecule has 4 N–H and O–H groups in total. The van der Waals surface area contributed by atoms with E-state index in [2.05, 4.69) is 20.3 Å². The fraction of sp³-hybridized carbons (Fsp3) is 0. The maximum Gasteiger partial charge on any atom is 0.260 e. The molecule has 0 spiro atoms. The zero-order chi connectivity index (χ0) is 16.4. The number of aliphatic imine (C=N–C) groups is 1. The lowest BCUT2D eigenvalue weighted by atomic mass is 10.2. The van der Waals surface area contributed by atoms with E-state index in [1.807, 2.05) is 0 Å². The lowest BCUT2D eigenvalue weighted by Crippen LogP contribution is -2.22. The van der Waals surface area contributed by atoms with Crippen molar-refractivity contribution in [1.82, 2.24) is 9.97 Å². The third-order valence-corrected chi connectivity index (χ3v) is 3.48. The summed E-state index contributed by atoms with van der Waals surface area (Å²) >= 11 is 11.7. The molecule has 0 unspecified atom stereocenters. The molecule has 0 bridgehead atoms. The number of halogens is 2. The number of hydrogen-bond acceptors (Lipinski definition) is 3. The molecule has 2 aromatic carbocycles. The highest BCUT2D eigenvalue weighted by molar-refractivity contribution is 6.31. The van der Waals surface area contributed by atoms with Crippen LogP contribution in [0, 0.1) is 0 Å². The van der Waals surface area contributed by atoms with Crippen LogP contribution in [0.3, 0.4) is 0 Å². The number of fused-ring (bicyclic) bond motifs is 1. The summed E-state index contributed by atoms with van der Waals surface area (Å²) in [5.74, 6) is 0.188. The first-order valence-electron chi connectivity index (χ1n) is 6.57. The molecule has 0 saturated carbocycles. The van der Waals surface area contributed by atoms with Crippen molar-refractivity contribution in [3.8, 4) is 0 Å². The van der Waals surface area contributed by atoms with Gasteiger partial charge in [-0.15, -0.1) is 0 Å². The number of guanidine groups is 1. The maximum atomic E-state index is 12.0. The lowest BCUT2D eigenvalue weighted by Gasteiger charge is -2.05. The number of nitrogens with two attached hydrogens (primary N) is 1. The lowest BCUT2D eigenvalue weighted by molar-refractivity contribution is 1.13. The number of nitrogens with zero attached hydrogens (tertiary/aromatic N) is 2. The first-order valence-corrected chi connectivity index (χ1v) is 7.33. The van der Waals surface area contributed by atoms with Crippen molar-refractivity contribution in [2.45, 2.75) is 0 Å². The van der Waals surface area contributed by atoms with Gasteiger partial charge in [-0.25, -0.2) is 4.98 Å². The van der Waals surface area contributed by atoms with Gasteiger partial charge >= 0.3 is 0 Å². The Morgan fingerprint density at radius 1 is 1.13 bits per heavy atom. The Morgan fingerprint density at radius 3 is 2.57 bits per heavy atom.